The smallest absolute Gasteiger partial charge is 0.0183 e. The molecule has 90 valence electrons. The highest BCUT2D eigenvalue weighted by Gasteiger charge is 2.21. The van der Waals surface area contributed by atoms with Crippen molar-refractivity contribution in [1.29, 1.82) is 0 Å². The molecule has 0 saturated carbocycles. The molecule has 1 N–H and O–H groups in total. The van der Waals surface area contributed by atoms with Crippen molar-refractivity contribution >= 4 is 11.8 Å². The first-order chi connectivity index (χ1) is 7.29. The highest BCUT2D eigenvalue weighted by Crippen LogP contribution is 2.18. The molecule has 0 aromatic rings. The monoisotopic (exact) mass is 230 g/mol. The summed E-state index contributed by atoms with van der Waals surface area (Å²) in [6.07, 6.45) is 7.52. The van der Waals surface area contributed by atoms with E-state index in [0.29, 0.717) is 0 Å². The standard InChI is InChI=1S/C12H26N2S/c1-4-11(10-15-3)14(2)12-6-5-8-13-9-7-12/h11-13H,4-10H2,1-3H3. The Morgan fingerprint density at radius 1 is 1.40 bits per heavy atom. The van der Waals surface area contributed by atoms with E-state index >= 15 is 0 Å². The van der Waals surface area contributed by atoms with Gasteiger partial charge in [-0.2, -0.15) is 11.8 Å². The third-order valence-electron chi connectivity index (χ3n) is 3.53. The van der Waals surface area contributed by atoms with Crippen LogP contribution in [0.4, 0.5) is 0 Å². The van der Waals surface area contributed by atoms with Crippen LogP contribution in [-0.2, 0) is 0 Å². The van der Waals surface area contributed by atoms with E-state index in [2.05, 4.69) is 30.4 Å². The van der Waals surface area contributed by atoms with Crippen molar-refractivity contribution in [2.75, 3.05) is 32.1 Å². The second-order valence-corrected chi connectivity index (χ2v) is 5.43. The van der Waals surface area contributed by atoms with Crippen LogP contribution >= 0.6 is 11.8 Å². The number of nitrogens with one attached hydrogen (secondary N) is 1. The Labute approximate surface area is 99.2 Å². The van der Waals surface area contributed by atoms with Crippen LogP contribution < -0.4 is 5.32 Å². The molecular weight excluding hydrogens is 204 g/mol. The fraction of sp³-hybridized carbons (Fsp3) is 1.00. The summed E-state index contributed by atoms with van der Waals surface area (Å²) in [6, 6.07) is 1.57. The van der Waals surface area contributed by atoms with Gasteiger partial charge in [-0.1, -0.05) is 6.92 Å². The van der Waals surface area contributed by atoms with Crippen molar-refractivity contribution in [3.8, 4) is 0 Å². The van der Waals surface area contributed by atoms with Gasteiger partial charge in [0.25, 0.3) is 0 Å². The number of rotatable bonds is 5. The number of hydrogen-bond donors (Lipinski definition) is 1. The fourth-order valence-corrected chi connectivity index (χ4v) is 3.28. The van der Waals surface area contributed by atoms with Gasteiger partial charge in [0.1, 0.15) is 0 Å². The van der Waals surface area contributed by atoms with Crippen LogP contribution in [0, 0.1) is 0 Å². The van der Waals surface area contributed by atoms with E-state index in [9.17, 15) is 0 Å². The topological polar surface area (TPSA) is 15.3 Å². The Kier molecular flexibility index (Phi) is 6.69. The summed E-state index contributed by atoms with van der Waals surface area (Å²) >= 11 is 1.97. The molecule has 1 aliphatic heterocycles. The molecular formula is C12H26N2S. The van der Waals surface area contributed by atoms with Crippen LogP contribution in [0.3, 0.4) is 0 Å². The van der Waals surface area contributed by atoms with E-state index in [1.165, 1.54) is 44.5 Å². The Balaban J connectivity index is 2.43. The van der Waals surface area contributed by atoms with Gasteiger partial charge in [-0.3, -0.25) is 4.90 Å². The second-order valence-electron chi connectivity index (χ2n) is 4.52. The SMILES string of the molecule is CCC(CSC)N(C)C1CCCNCC1. The van der Waals surface area contributed by atoms with Gasteiger partial charge in [-0.05, 0) is 52.1 Å². The molecule has 0 aliphatic carbocycles. The van der Waals surface area contributed by atoms with E-state index in [1.54, 1.807) is 0 Å². The molecule has 0 spiro atoms. The average Bonchev–Trinajstić information content (AvgIpc) is 2.53. The average molecular weight is 230 g/mol. The molecule has 2 unspecified atom stereocenters. The molecule has 1 aliphatic rings. The van der Waals surface area contributed by atoms with Gasteiger partial charge in [0.2, 0.25) is 0 Å². The van der Waals surface area contributed by atoms with E-state index in [1.807, 2.05) is 11.8 Å². The lowest BCUT2D eigenvalue weighted by Gasteiger charge is -2.34. The van der Waals surface area contributed by atoms with Crippen LogP contribution in [-0.4, -0.2) is 49.1 Å². The Morgan fingerprint density at radius 2 is 2.20 bits per heavy atom. The molecule has 0 aromatic heterocycles. The third kappa shape index (κ3) is 4.33. The maximum atomic E-state index is 3.49. The highest BCUT2D eigenvalue weighted by molar-refractivity contribution is 7.98. The summed E-state index contributed by atoms with van der Waals surface area (Å²) in [7, 11) is 2.32. The second kappa shape index (κ2) is 7.53. The minimum Gasteiger partial charge on any atom is -0.317 e. The zero-order valence-corrected chi connectivity index (χ0v) is 11.3. The van der Waals surface area contributed by atoms with Gasteiger partial charge in [0.05, 0.1) is 0 Å². The molecule has 1 fully saturated rings. The van der Waals surface area contributed by atoms with Crippen molar-refractivity contribution < 1.29 is 0 Å². The minimum absolute atomic E-state index is 0.767. The predicted octanol–water partition coefficient (Wildman–Crippen LogP) is 2.20. The van der Waals surface area contributed by atoms with Gasteiger partial charge in [-0.15, -0.1) is 0 Å². The van der Waals surface area contributed by atoms with Crippen molar-refractivity contribution in [3.05, 3.63) is 0 Å². The molecule has 0 radical (unpaired) electrons. The summed E-state index contributed by atoms with van der Waals surface area (Å²) in [4.78, 5) is 2.63. The number of nitrogens with zero attached hydrogens (tertiary/aromatic N) is 1. The Bertz CT molecular complexity index is 156. The van der Waals surface area contributed by atoms with Gasteiger partial charge in [0.15, 0.2) is 0 Å². The van der Waals surface area contributed by atoms with Crippen LogP contribution in [0.15, 0.2) is 0 Å². The van der Waals surface area contributed by atoms with Crippen LogP contribution in [0.1, 0.15) is 32.6 Å². The first-order valence-electron chi connectivity index (χ1n) is 6.21. The lowest BCUT2D eigenvalue weighted by Crippen LogP contribution is -2.41. The van der Waals surface area contributed by atoms with Gasteiger partial charge in [-0.25, -0.2) is 0 Å². The van der Waals surface area contributed by atoms with Gasteiger partial charge in [0, 0.05) is 17.8 Å². The molecule has 1 heterocycles. The Morgan fingerprint density at radius 3 is 2.87 bits per heavy atom. The largest absolute Gasteiger partial charge is 0.317 e. The maximum absolute atomic E-state index is 3.49. The molecule has 1 rings (SSSR count). The minimum atomic E-state index is 0.767. The summed E-state index contributed by atoms with van der Waals surface area (Å²) in [5.41, 5.74) is 0. The normalized spacial score (nSPS) is 25.2. The molecule has 2 nitrogen and oxygen atoms in total. The number of thioether (sulfide) groups is 1. The first-order valence-corrected chi connectivity index (χ1v) is 7.60. The fourth-order valence-electron chi connectivity index (χ4n) is 2.42. The maximum Gasteiger partial charge on any atom is 0.0183 e. The van der Waals surface area contributed by atoms with Crippen molar-refractivity contribution in [2.45, 2.75) is 44.7 Å². The van der Waals surface area contributed by atoms with Crippen molar-refractivity contribution in [1.82, 2.24) is 10.2 Å². The molecule has 15 heavy (non-hydrogen) atoms. The molecule has 0 bridgehead atoms. The summed E-state index contributed by atoms with van der Waals surface area (Å²) in [6.45, 7) is 4.72. The summed E-state index contributed by atoms with van der Waals surface area (Å²) < 4.78 is 0. The first kappa shape index (κ1) is 13.3. The zero-order chi connectivity index (χ0) is 11.1. The van der Waals surface area contributed by atoms with Crippen molar-refractivity contribution in [2.24, 2.45) is 0 Å². The van der Waals surface area contributed by atoms with Crippen LogP contribution in [0.25, 0.3) is 0 Å². The molecule has 3 heteroatoms. The van der Waals surface area contributed by atoms with Gasteiger partial charge >= 0.3 is 0 Å². The molecule has 1 saturated heterocycles. The third-order valence-corrected chi connectivity index (χ3v) is 4.25. The summed E-state index contributed by atoms with van der Waals surface area (Å²) in [5, 5.41) is 3.49. The van der Waals surface area contributed by atoms with E-state index < -0.39 is 0 Å². The predicted molar refractivity (Wildman–Crippen MR) is 70.7 cm³/mol. The highest BCUT2D eigenvalue weighted by atomic mass is 32.2. The summed E-state index contributed by atoms with van der Waals surface area (Å²) in [5.74, 6) is 1.27. The van der Waals surface area contributed by atoms with Crippen LogP contribution in [0.2, 0.25) is 0 Å². The molecule has 2 atom stereocenters. The van der Waals surface area contributed by atoms with E-state index in [-0.39, 0.29) is 0 Å². The van der Waals surface area contributed by atoms with Crippen molar-refractivity contribution in [3.63, 3.8) is 0 Å². The zero-order valence-electron chi connectivity index (χ0n) is 10.5. The lowest BCUT2D eigenvalue weighted by molar-refractivity contribution is 0.169. The lowest BCUT2D eigenvalue weighted by atomic mass is 10.1. The van der Waals surface area contributed by atoms with E-state index in [4.69, 9.17) is 0 Å². The quantitative estimate of drug-likeness (QED) is 0.779. The van der Waals surface area contributed by atoms with Gasteiger partial charge < -0.3 is 5.32 Å². The molecule has 0 amide bonds. The van der Waals surface area contributed by atoms with Crippen LogP contribution in [0.5, 0.6) is 0 Å². The Hall–Kier alpha value is 0.270. The number of hydrogen-bond acceptors (Lipinski definition) is 3. The van der Waals surface area contributed by atoms with E-state index in [0.717, 1.165) is 12.1 Å². The molecule has 0 aromatic carbocycles.